The van der Waals surface area contributed by atoms with Gasteiger partial charge in [-0.15, -0.1) is 10.2 Å². The van der Waals surface area contributed by atoms with E-state index >= 15 is 0 Å². The van der Waals surface area contributed by atoms with Crippen molar-refractivity contribution in [3.63, 3.8) is 0 Å². The highest BCUT2D eigenvalue weighted by atomic mass is 32.2. The number of rotatable bonds is 6. The van der Waals surface area contributed by atoms with Gasteiger partial charge in [0, 0.05) is 25.5 Å². The van der Waals surface area contributed by atoms with E-state index in [0.717, 1.165) is 43.1 Å². The predicted molar refractivity (Wildman–Crippen MR) is 79.8 cm³/mol. The highest BCUT2D eigenvalue weighted by molar-refractivity contribution is 7.99. The molecule has 0 bridgehead atoms. The normalized spacial score (nSPS) is 17.1. The third-order valence-corrected chi connectivity index (χ3v) is 5.01. The minimum Gasteiger partial charge on any atom is -0.385 e. The van der Waals surface area contributed by atoms with E-state index in [2.05, 4.69) is 10.2 Å². The monoisotopic (exact) mass is 307 g/mol. The molecule has 0 amide bonds. The van der Waals surface area contributed by atoms with Crippen LogP contribution in [0, 0.1) is 5.82 Å². The minimum absolute atomic E-state index is 0.164. The number of benzene rings is 1. The molecule has 0 radical (unpaired) electrons. The Kier molecular flexibility index (Phi) is 4.55. The lowest BCUT2D eigenvalue weighted by Crippen LogP contribution is -2.03. The summed E-state index contributed by atoms with van der Waals surface area (Å²) < 4.78 is 20.6. The fourth-order valence-corrected chi connectivity index (χ4v) is 3.86. The van der Waals surface area contributed by atoms with E-state index in [0.29, 0.717) is 0 Å². The van der Waals surface area contributed by atoms with E-state index in [4.69, 9.17) is 4.74 Å². The lowest BCUT2D eigenvalue weighted by atomic mass is 10.1. The smallest absolute Gasteiger partial charge is 0.191 e. The zero-order chi connectivity index (χ0) is 14.7. The second-order valence-electron chi connectivity index (χ2n) is 5.14. The number of ether oxygens (including phenoxy) is 1. The molecule has 1 aromatic carbocycles. The summed E-state index contributed by atoms with van der Waals surface area (Å²) in [5.41, 5.74) is 2.35. The van der Waals surface area contributed by atoms with Crippen molar-refractivity contribution in [1.82, 2.24) is 14.8 Å². The Morgan fingerprint density at radius 1 is 1.48 bits per heavy atom. The van der Waals surface area contributed by atoms with Crippen LogP contribution in [0.3, 0.4) is 0 Å². The maximum atomic E-state index is 13.4. The van der Waals surface area contributed by atoms with E-state index in [-0.39, 0.29) is 11.1 Å². The fraction of sp³-hybridized carbons (Fsp3) is 0.467. The molecule has 0 saturated carbocycles. The molecular weight excluding hydrogens is 289 g/mol. The molecule has 0 saturated heterocycles. The van der Waals surface area contributed by atoms with E-state index in [1.54, 1.807) is 37.3 Å². The van der Waals surface area contributed by atoms with Crippen LogP contribution in [0.5, 0.6) is 0 Å². The quantitative estimate of drug-likeness (QED) is 0.768. The first kappa shape index (κ1) is 14.5. The number of fused-ring (bicyclic) bond motifs is 1. The molecule has 1 unspecified atom stereocenters. The first-order chi connectivity index (χ1) is 10.3. The molecule has 112 valence electrons. The zero-order valence-corrected chi connectivity index (χ0v) is 12.8. The Morgan fingerprint density at radius 2 is 2.38 bits per heavy atom. The average molecular weight is 307 g/mol. The number of halogens is 1. The van der Waals surface area contributed by atoms with Crippen molar-refractivity contribution >= 4 is 11.8 Å². The molecule has 6 heteroatoms. The molecule has 0 N–H and O–H groups in total. The number of methoxy groups -OCH3 is 1. The number of hydrogen-bond acceptors (Lipinski definition) is 4. The molecule has 1 atom stereocenters. The van der Waals surface area contributed by atoms with E-state index in [9.17, 15) is 4.39 Å². The van der Waals surface area contributed by atoms with Gasteiger partial charge in [0.25, 0.3) is 0 Å². The van der Waals surface area contributed by atoms with Gasteiger partial charge in [-0.25, -0.2) is 4.39 Å². The summed E-state index contributed by atoms with van der Waals surface area (Å²) in [4.78, 5) is 0. The van der Waals surface area contributed by atoms with Crippen LogP contribution in [-0.2, 0) is 17.7 Å². The summed E-state index contributed by atoms with van der Waals surface area (Å²) >= 11 is 1.68. The Balaban J connectivity index is 1.71. The minimum atomic E-state index is -0.164. The zero-order valence-electron chi connectivity index (χ0n) is 12.0. The van der Waals surface area contributed by atoms with Crippen molar-refractivity contribution in [3.05, 3.63) is 41.5 Å². The van der Waals surface area contributed by atoms with Crippen LogP contribution in [0.2, 0.25) is 0 Å². The van der Waals surface area contributed by atoms with Crippen LogP contribution in [0.1, 0.15) is 29.2 Å². The van der Waals surface area contributed by atoms with Crippen molar-refractivity contribution < 1.29 is 9.13 Å². The maximum Gasteiger partial charge on any atom is 0.191 e. The molecule has 1 aromatic heterocycles. The lowest BCUT2D eigenvalue weighted by Gasteiger charge is -2.12. The van der Waals surface area contributed by atoms with Crippen LogP contribution in [0.15, 0.2) is 29.7 Å². The molecule has 1 aliphatic carbocycles. The lowest BCUT2D eigenvalue weighted by molar-refractivity contribution is 0.189. The van der Waals surface area contributed by atoms with E-state index < -0.39 is 0 Å². The van der Waals surface area contributed by atoms with Gasteiger partial charge in [-0.3, -0.25) is 0 Å². The molecule has 0 spiro atoms. The largest absolute Gasteiger partial charge is 0.385 e. The highest BCUT2D eigenvalue weighted by Crippen LogP contribution is 2.44. The third kappa shape index (κ3) is 3.27. The number of thioether (sulfide) groups is 1. The number of hydrogen-bond donors (Lipinski definition) is 0. The van der Waals surface area contributed by atoms with E-state index in [1.807, 2.05) is 10.6 Å². The summed E-state index contributed by atoms with van der Waals surface area (Å²) in [6, 6.07) is 5.10. The topological polar surface area (TPSA) is 39.9 Å². The van der Waals surface area contributed by atoms with Crippen molar-refractivity contribution in [2.75, 3.05) is 13.7 Å². The maximum absolute atomic E-state index is 13.4. The van der Waals surface area contributed by atoms with Crippen molar-refractivity contribution in [2.24, 2.45) is 0 Å². The van der Waals surface area contributed by atoms with Crippen LogP contribution >= 0.6 is 11.8 Å². The molecular formula is C15H18FN3OS. The summed E-state index contributed by atoms with van der Waals surface area (Å²) in [7, 11) is 1.70. The Hall–Kier alpha value is -1.40. The molecule has 1 heterocycles. The van der Waals surface area contributed by atoms with E-state index in [1.165, 1.54) is 5.56 Å². The number of nitrogens with zero attached hydrogens (tertiary/aromatic N) is 3. The van der Waals surface area contributed by atoms with Crippen molar-refractivity contribution in [2.45, 2.75) is 36.2 Å². The molecule has 0 fully saturated rings. The Labute approximate surface area is 127 Å². The van der Waals surface area contributed by atoms with Gasteiger partial charge in [-0.1, -0.05) is 17.8 Å². The van der Waals surface area contributed by atoms with Gasteiger partial charge >= 0.3 is 0 Å². The highest BCUT2D eigenvalue weighted by Gasteiger charge is 2.25. The summed E-state index contributed by atoms with van der Waals surface area (Å²) in [6.07, 6.45) is 4.71. The fourth-order valence-electron chi connectivity index (χ4n) is 2.65. The summed E-state index contributed by atoms with van der Waals surface area (Å²) in [6.45, 7) is 1.56. The standard InChI is InChI=1S/C15H18FN3OS/c1-20-8-2-7-19-10-17-18-15(19)21-14-6-4-11-3-5-12(16)9-13(11)14/h3,5,9-10,14H,2,4,6-8H2,1H3. The molecule has 21 heavy (non-hydrogen) atoms. The predicted octanol–water partition coefficient (Wildman–Crippen LogP) is 3.23. The molecule has 4 nitrogen and oxygen atoms in total. The van der Waals surface area contributed by atoms with Gasteiger partial charge in [0.05, 0.1) is 0 Å². The van der Waals surface area contributed by atoms with Gasteiger partial charge in [-0.2, -0.15) is 0 Å². The summed E-state index contributed by atoms with van der Waals surface area (Å²) in [5.74, 6) is -0.164. The average Bonchev–Trinajstić information content (AvgIpc) is 3.08. The van der Waals surface area contributed by atoms with Gasteiger partial charge in [0.1, 0.15) is 12.1 Å². The van der Waals surface area contributed by atoms with Crippen LogP contribution in [-0.4, -0.2) is 28.5 Å². The first-order valence-corrected chi connectivity index (χ1v) is 7.97. The third-order valence-electron chi connectivity index (χ3n) is 3.71. The Bertz CT molecular complexity index is 617. The Morgan fingerprint density at radius 3 is 3.24 bits per heavy atom. The van der Waals surface area contributed by atoms with Crippen molar-refractivity contribution in [3.8, 4) is 0 Å². The molecule has 1 aliphatic rings. The molecule has 0 aliphatic heterocycles. The summed E-state index contributed by atoms with van der Waals surface area (Å²) in [5, 5.41) is 9.35. The van der Waals surface area contributed by atoms with Crippen LogP contribution in [0.4, 0.5) is 4.39 Å². The van der Waals surface area contributed by atoms with Gasteiger partial charge in [0.2, 0.25) is 0 Å². The molecule has 3 rings (SSSR count). The second-order valence-corrected chi connectivity index (χ2v) is 6.31. The second kappa shape index (κ2) is 6.58. The SMILES string of the molecule is COCCCn1cnnc1SC1CCc2ccc(F)cc21. The van der Waals surface area contributed by atoms with Crippen LogP contribution < -0.4 is 0 Å². The first-order valence-electron chi connectivity index (χ1n) is 7.09. The van der Waals surface area contributed by atoms with Crippen LogP contribution in [0.25, 0.3) is 0 Å². The molecule has 2 aromatic rings. The number of aromatic nitrogens is 3. The van der Waals surface area contributed by atoms with Gasteiger partial charge in [0.15, 0.2) is 5.16 Å². The van der Waals surface area contributed by atoms with Gasteiger partial charge < -0.3 is 9.30 Å². The van der Waals surface area contributed by atoms with Gasteiger partial charge in [-0.05, 0) is 42.5 Å². The van der Waals surface area contributed by atoms with Crippen molar-refractivity contribution in [1.29, 1.82) is 0 Å². The number of aryl methyl sites for hydroxylation is 2.